The number of hydrogen-bond donors (Lipinski definition) is 1. The summed E-state index contributed by atoms with van der Waals surface area (Å²) in [5, 5.41) is 8.77. The number of aliphatic hydroxyl groups excluding tert-OH is 1. The fourth-order valence-corrected chi connectivity index (χ4v) is 2.02. The fourth-order valence-electron chi connectivity index (χ4n) is 2.02. The van der Waals surface area contributed by atoms with Crippen molar-refractivity contribution in [2.24, 2.45) is 0 Å². The van der Waals surface area contributed by atoms with Crippen LogP contribution in [-0.2, 0) is 17.6 Å². The van der Waals surface area contributed by atoms with Gasteiger partial charge in [-0.1, -0.05) is 6.07 Å². The van der Waals surface area contributed by atoms with Gasteiger partial charge in [-0.05, 0) is 42.5 Å². The Labute approximate surface area is 89.3 Å². The second-order valence-corrected chi connectivity index (χ2v) is 3.92. The van der Waals surface area contributed by atoms with E-state index in [0.717, 1.165) is 18.5 Å². The van der Waals surface area contributed by atoms with Gasteiger partial charge in [0.2, 0.25) is 0 Å². The van der Waals surface area contributed by atoms with Crippen molar-refractivity contribution in [2.45, 2.75) is 19.3 Å². The fraction of sp³-hybridized carbons (Fsp3) is 0.417. The number of aliphatic hydroxyl groups is 1. The first-order valence-electron chi connectivity index (χ1n) is 5.21. The number of likely N-dealkylation sites (N-methyl/N-ethyl adjacent to an activating group) is 1. The average molecular weight is 205 g/mol. The van der Waals surface area contributed by atoms with E-state index < -0.39 is 6.61 Å². The molecule has 3 nitrogen and oxygen atoms in total. The minimum Gasteiger partial charge on any atom is -0.387 e. The van der Waals surface area contributed by atoms with Crippen molar-refractivity contribution in [1.29, 1.82) is 0 Å². The quantitative estimate of drug-likeness (QED) is 0.786. The Morgan fingerprint density at radius 2 is 2.13 bits per heavy atom. The van der Waals surface area contributed by atoms with Crippen LogP contribution in [0.4, 0.5) is 5.69 Å². The number of carbonyl (C=O) groups excluding carboxylic acids is 1. The van der Waals surface area contributed by atoms with Crippen molar-refractivity contribution < 1.29 is 9.90 Å². The molecule has 0 saturated heterocycles. The van der Waals surface area contributed by atoms with Crippen molar-refractivity contribution in [2.75, 3.05) is 18.6 Å². The van der Waals surface area contributed by atoms with E-state index >= 15 is 0 Å². The van der Waals surface area contributed by atoms with Crippen molar-refractivity contribution in [3.63, 3.8) is 0 Å². The number of aryl methyl sites for hydroxylation is 2. The van der Waals surface area contributed by atoms with Crippen LogP contribution in [0.15, 0.2) is 18.2 Å². The molecule has 0 atom stereocenters. The summed E-state index contributed by atoms with van der Waals surface area (Å²) in [5.41, 5.74) is 3.60. The molecule has 80 valence electrons. The lowest BCUT2D eigenvalue weighted by molar-refractivity contribution is -0.120. The first-order valence-corrected chi connectivity index (χ1v) is 5.21. The summed E-state index contributed by atoms with van der Waals surface area (Å²) < 4.78 is 0. The molecule has 0 aromatic heterocycles. The van der Waals surface area contributed by atoms with E-state index in [9.17, 15) is 4.79 Å². The van der Waals surface area contributed by atoms with Gasteiger partial charge in [-0.3, -0.25) is 4.79 Å². The molecule has 0 fully saturated rings. The van der Waals surface area contributed by atoms with Crippen molar-refractivity contribution >= 4 is 11.6 Å². The smallest absolute Gasteiger partial charge is 0.252 e. The van der Waals surface area contributed by atoms with Crippen molar-refractivity contribution in [3.8, 4) is 0 Å². The zero-order chi connectivity index (χ0) is 10.8. The first-order chi connectivity index (χ1) is 7.22. The van der Waals surface area contributed by atoms with Crippen molar-refractivity contribution in [3.05, 3.63) is 29.3 Å². The number of hydrogen-bond acceptors (Lipinski definition) is 2. The summed E-state index contributed by atoms with van der Waals surface area (Å²) in [6.07, 6.45) is 3.45. The van der Waals surface area contributed by atoms with Crippen LogP contribution in [0.3, 0.4) is 0 Å². The summed E-state index contributed by atoms with van der Waals surface area (Å²) in [7, 11) is 1.69. The van der Waals surface area contributed by atoms with E-state index in [0.29, 0.717) is 0 Å². The zero-order valence-corrected chi connectivity index (χ0v) is 8.86. The van der Waals surface area contributed by atoms with E-state index in [2.05, 4.69) is 12.1 Å². The van der Waals surface area contributed by atoms with Gasteiger partial charge in [-0.15, -0.1) is 0 Å². The summed E-state index contributed by atoms with van der Waals surface area (Å²) in [6.45, 7) is -0.437. The highest BCUT2D eigenvalue weighted by molar-refractivity contribution is 5.93. The van der Waals surface area contributed by atoms with E-state index in [1.165, 1.54) is 22.4 Å². The van der Waals surface area contributed by atoms with Gasteiger partial charge in [0.1, 0.15) is 6.61 Å². The molecule has 0 heterocycles. The Morgan fingerprint density at radius 1 is 1.40 bits per heavy atom. The van der Waals surface area contributed by atoms with E-state index in [1.807, 2.05) is 6.07 Å². The molecule has 0 aliphatic heterocycles. The van der Waals surface area contributed by atoms with Crippen LogP contribution in [-0.4, -0.2) is 24.7 Å². The Hall–Kier alpha value is -1.35. The summed E-state index contributed by atoms with van der Waals surface area (Å²) in [5.74, 6) is -0.270. The maximum atomic E-state index is 11.3. The van der Waals surface area contributed by atoms with Crippen LogP contribution < -0.4 is 4.90 Å². The number of nitrogens with zero attached hydrogens (tertiary/aromatic N) is 1. The van der Waals surface area contributed by atoms with Crippen molar-refractivity contribution in [1.82, 2.24) is 0 Å². The van der Waals surface area contributed by atoms with E-state index in [-0.39, 0.29) is 5.91 Å². The van der Waals surface area contributed by atoms with Gasteiger partial charge in [-0.2, -0.15) is 0 Å². The molecule has 1 aliphatic rings. The third kappa shape index (κ3) is 1.88. The molecule has 1 amide bonds. The minimum atomic E-state index is -0.437. The summed E-state index contributed by atoms with van der Waals surface area (Å²) in [4.78, 5) is 12.8. The highest BCUT2D eigenvalue weighted by Crippen LogP contribution is 2.26. The number of amides is 1. The molecule has 3 heteroatoms. The average Bonchev–Trinajstić information content (AvgIpc) is 2.73. The Balaban J connectivity index is 2.26. The molecule has 1 N–H and O–H groups in total. The number of rotatable bonds is 2. The lowest BCUT2D eigenvalue weighted by Crippen LogP contribution is -2.28. The lowest BCUT2D eigenvalue weighted by atomic mass is 10.1. The molecule has 1 aliphatic carbocycles. The second-order valence-electron chi connectivity index (χ2n) is 3.92. The molecule has 0 spiro atoms. The van der Waals surface area contributed by atoms with Gasteiger partial charge < -0.3 is 10.0 Å². The van der Waals surface area contributed by atoms with Crippen LogP contribution in [0, 0.1) is 0 Å². The largest absolute Gasteiger partial charge is 0.387 e. The topological polar surface area (TPSA) is 40.5 Å². The van der Waals surface area contributed by atoms with Crippen LogP contribution in [0.25, 0.3) is 0 Å². The van der Waals surface area contributed by atoms with E-state index in [1.54, 1.807) is 7.05 Å². The van der Waals surface area contributed by atoms with Crippen LogP contribution in [0.2, 0.25) is 0 Å². The minimum absolute atomic E-state index is 0.270. The standard InChI is InChI=1S/C12H15NO2/c1-13(12(15)8-14)11-6-5-9-3-2-4-10(9)7-11/h5-7,14H,2-4,8H2,1H3. The summed E-state index contributed by atoms with van der Waals surface area (Å²) in [6, 6.07) is 6.08. The van der Waals surface area contributed by atoms with E-state index in [4.69, 9.17) is 5.11 Å². The van der Waals surface area contributed by atoms with Crippen LogP contribution in [0.1, 0.15) is 17.5 Å². The molecule has 15 heavy (non-hydrogen) atoms. The van der Waals surface area contributed by atoms with Gasteiger partial charge in [0, 0.05) is 12.7 Å². The van der Waals surface area contributed by atoms with Gasteiger partial charge >= 0.3 is 0 Å². The third-order valence-electron chi connectivity index (χ3n) is 2.98. The van der Waals surface area contributed by atoms with Gasteiger partial charge in [0.15, 0.2) is 0 Å². The molecule has 0 unspecified atom stereocenters. The molecular weight excluding hydrogens is 190 g/mol. The molecular formula is C12H15NO2. The Morgan fingerprint density at radius 3 is 2.87 bits per heavy atom. The molecule has 0 saturated carbocycles. The maximum absolute atomic E-state index is 11.3. The van der Waals surface area contributed by atoms with Gasteiger partial charge in [0.25, 0.3) is 5.91 Å². The molecule has 0 bridgehead atoms. The molecule has 1 aromatic carbocycles. The van der Waals surface area contributed by atoms with Gasteiger partial charge in [0.05, 0.1) is 0 Å². The third-order valence-corrected chi connectivity index (χ3v) is 2.98. The number of carbonyl (C=O) groups is 1. The number of fused-ring (bicyclic) bond motifs is 1. The maximum Gasteiger partial charge on any atom is 0.252 e. The number of benzene rings is 1. The highest BCUT2D eigenvalue weighted by Gasteiger charge is 2.14. The molecule has 0 radical (unpaired) electrons. The SMILES string of the molecule is CN(C(=O)CO)c1ccc2c(c1)CCC2. The monoisotopic (exact) mass is 205 g/mol. The molecule has 1 aromatic rings. The number of anilines is 1. The van der Waals surface area contributed by atoms with Crippen LogP contribution >= 0.6 is 0 Å². The predicted molar refractivity (Wildman–Crippen MR) is 59.0 cm³/mol. The second kappa shape index (κ2) is 4.03. The Bertz CT molecular complexity index is 387. The lowest BCUT2D eigenvalue weighted by Gasteiger charge is -2.17. The summed E-state index contributed by atoms with van der Waals surface area (Å²) >= 11 is 0. The predicted octanol–water partition coefficient (Wildman–Crippen LogP) is 1.13. The zero-order valence-electron chi connectivity index (χ0n) is 8.86. The Kier molecular flexibility index (Phi) is 2.73. The molecule has 2 rings (SSSR count). The van der Waals surface area contributed by atoms with Crippen LogP contribution in [0.5, 0.6) is 0 Å². The highest BCUT2D eigenvalue weighted by atomic mass is 16.3. The van der Waals surface area contributed by atoms with Gasteiger partial charge in [-0.25, -0.2) is 0 Å². The normalized spacial score (nSPS) is 13.7. The first kappa shape index (κ1) is 10.2.